The molecule has 2 heterocycles. The van der Waals surface area contributed by atoms with Crippen LogP contribution in [0.25, 0.3) is 22.4 Å². The van der Waals surface area contributed by atoms with Crippen molar-refractivity contribution in [3.05, 3.63) is 83.8 Å². The molecule has 2 aromatic carbocycles. The maximum atomic E-state index is 13.5. The number of ketones is 1. The summed E-state index contributed by atoms with van der Waals surface area (Å²) in [6, 6.07) is 13.2. The molecule has 29 heavy (non-hydrogen) atoms. The predicted molar refractivity (Wildman–Crippen MR) is 102 cm³/mol. The molecule has 6 nitrogen and oxygen atoms in total. The lowest BCUT2D eigenvalue weighted by Crippen LogP contribution is -2.11. The van der Waals surface area contributed by atoms with Crippen LogP contribution in [0.4, 0.5) is 8.78 Å². The Morgan fingerprint density at radius 1 is 0.931 bits per heavy atom. The molecule has 0 saturated heterocycles. The summed E-state index contributed by atoms with van der Waals surface area (Å²) >= 11 is 0. The molecule has 2 aromatic heterocycles. The number of carbonyl (C=O) groups is 1. The van der Waals surface area contributed by atoms with E-state index in [-0.39, 0.29) is 23.8 Å². The van der Waals surface area contributed by atoms with E-state index in [9.17, 15) is 13.6 Å². The van der Waals surface area contributed by atoms with Crippen LogP contribution in [0, 0.1) is 11.6 Å². The number of pyridine rings is 1. The molecule has 0 spiro atoms. The number of nitrogens with zero attached hydrogens (tertiary/aromatic N) is 5. The first-order chi connectivity index (χ1) is 14.0. The van der Waals surface area contributed by atoms with E-state index in [0.717, 1.165) is 0 Å². The molecular formula is C21H15F2N5O. The topological polar surface area (TPSA) is 73.6 Å². The molecule has 0 amide bonds. The van der Waals surface area contributed by atoms with Gasteiger partial charge in [-0.1, -0.05) is 12.1 Å². The van der Waals surface area contributed by atoms with Gasteiger partial charge in [-0.3, -0.25) is 9.78 Å². The van der Waals surface area contributed by atoms with E-state index in [1.54, 1.807) is 37.4 Å². The fourth-order valence-corrected chi connectivity index (χ4v) is 3.07. The van der Waals surface area contributed by atoms with Gasteiger partial charge in [0.05, 0.1) is 12.1 Å². The standard InChI is InChI=1S/C21H15F2N5O/c1-28-19(25-26-27-28)12-18(29)17-10-11-24-21(14-4-8-16(23)9-5-14)20(17)13-2-6-15(22)7-3-13/h2-11H,12H2,1H3. The molecule has 0 aliphatic carbocycles. The lowest BCUT2D eigenvalue weighted by Gasteiger charge is -2.14. The molecular weight excluding hydrogens is 376 g/mol. The van der Waals surface area contributed by atoms with Crippen LogP contribution < -0.4 is 0 Å². The fourth-order valence-electron chi connectivity index (χ4n) is 3.07. The molecule has 0 fully saturated rings. The number of hydrogen-bond donors (Lipinski definition) is 0. The zero-order chi connectivity index (χ0) is 20.4. The van der Waals surface area contributed by atoms with Gasteiger partial charge in [-0.2, -0.15) is 0 Å². The molecule has 4 aromatic rings. The second-order valence-corrected chi connectivity index (χ2v) is 6.41. The van der Waals surface area contributed by atoms with Crippen LogP contribution >= 0.6 is 0 Å². The summed E-state index contributed by atoms with van der Waals surface area (Å²) in [5.41, 5.74) is 2.70. The zero-order valence-corrected chi connectivity index (χ0v) is 15.4. The summed E-state index contributed by atoms with van der Waals surface area (Å²) in [5, 5.41) is 11.2. The van der Waals surface area contributed by atoms with Gasteiger partial charge in [-0.05, 0) is 58.5 Å². The Hall–Kier alpha value is -3.81. The number of tetrazole rings is 1. The van der Waals surface area contributed by atoms with Crippen molar-refractivity contribution in [1.82, 2.24) is 25.2 Å². The molecule has 0 aliphatic rings. The molecule has 144 valence electrons. The third-order valence-corrected chi connectivity index (χ3v) is 4.53. The summed E-state index contributed by atoms with van der Waals surface area (Å²) in [7, 11) is 1.65. The minimum absolute atomic E-state index is 0.00936. The van der Waals surface area contributed by atoms with Gasteiger partial charge in [0.15, 0.2) is 11.6 Å². The fraction of sp³-hybridized carbons (Fsp3) is 0.0952. The zero-order valence-electron chi connectivity index (χ0n) is 15.4. The lowest BCUT2D eigenvalue weighted by molar-refractivity contribution is 0.0990. The van der Waals surface area contributed by atoms with Crippen molar-refractivity contribution < 1.29 is 13.6 Å². The number of benzene rings is 2. The number of Topliss-reactive ketones (excluding diaryl/α,β-unsaturated/α-hetero) is 1. The van der Waals surface area contributed by atoms with Gasteiger partial charge in [-0.25, -0.2) is 13.5 Å². The summed E-state index contributed by atoms with van der Waals surface area (Å²) in [4.78, 5) is 17.5. The van der Waals surface area contributed by atoms with Gasteiger partial charge in [0.1, 0.15) is 11.6 Å². The quantitative estimate of drug-likeness (QED) is 0.486. The van der Waals surface area contributed by atoms with E-state index in [4.69, 9.17) is 0 Å². The number of aryl methyl sites for hydroxylation is 1. The van der Waals surface area contributed by atoms with Gasteiger partial charge in [-0.15, -0.1) is 5.10 Å². The Labute approximate surface area is 164 Å². The summed E-state index contributed by atoms with van der Waals surface area (Å²) in [6.45, 7) is 0. The SMILES string of the molecule is Cn1nnnc1CC(=O)c1ccnc(-c2ccc(F)cc2)c1-c1ccc(F)cc1. The van der Waals surface area contributed by atoms with E-state index in [0.29, 0.717) is 33.8 Å². The molecule has 0 saturated carbocycles. The Morgan fingerprint density at radius 2 is 1.55 bits per heavy atom. The smallest absolute Gasteiger partial charge is 0.171 e. The van der Waals surface area contributed by atoms with Gasteiger partial charge in [0.2, 0.25) is 0 Å². The summed E-state index contributed by atoms with van der Waals surface area (Å²) in [5.74, 6) is -0.564. The summed E-state index contributed by atoms with van der Waals surface area (Å²) < 4.78 is 28.3. The number of hydrogen-bond acceptors (Lipinski definition) is 5. The van der Waals surface area contributed by atoms with Crippen molar-refractivity contribution >= 4 is 5.78 Å². The minimum atomic E-state index is -0.390. The van der Waals surface area contributed by atoms with Gasteiger partial charge < -0.3 is 0 Å². The number of carbonyl (C=O) groups excluding carboxylic acids is 1. The molecule has 8 heteroatoms. The van der Waals surface area contributed by atoms with Crippen LogP contribution in [0.5, 0.6) is 0 Å². The normalized spacial score (nSPS) is 10.9. The third-order valence-electron chi connectivity index (χ3n) is 4.53. The minimum Gasteiger partial charge on any atom is -0.294 e. The molecule has 0 N–H and O–H groups in total. The highest BCUT2D eigenvalue weighted by Crippen LogP contribution is 2.34. The van der Waals surface area contributed by atoms with Crippen molar-refractivity contribution in [1.29, 1.82) is 0 Å². The van der Waals surface area contributed by atoms with Crippen LogP contribution in [0.15, 0.2) is 60.8 Å². The van der Waals surface area contributed by atoms with Crippen molar-refractivity contribution in [3.8, 4) is 22.4 Å². The third kappa shape index (κ3) is 3.77. The molecule has 0 atom stereocenters. The average molecular weight is 391 g/mol. The molecule has 0 unspecified atom stereocenters. The second-order valence-electron chi connectivity index (χ2n) is 6.41. The molecule has 0 bridgehead atoms. The molecule has 4 rings (SSSR count). The van der Waals surface area contributed by atoms with Crippen LogP contribution in [-0.4, -0.2) is 31.0 Å². The maximum absolute atomic E-state index is 13.5. The van der Waals surface area contributed by atoms with Gasteiger partial charge >= 0.3 is 0 Å². The number of aromatic nitrogens is 5. The van der Waals surface area contributed by atoms with Crippen LogP contribution in [0.2, 0.25) is 0 Å². The van der Waals surface area contributed by atoms with Crippen molar-refractivity contribution in [3.63, 3.8) is 0 Å². The van der Waals surface area contributed by atoms with Crippen LogP contribution in [0.3, 0.4) is 0 Å². The first kappa shape index (κ1) is 18.5. The lowest BCUT2D eigenvalue weighted by atomic mass is 9.92. The highest BCUT2D eigenvalue weighted by molar-refractivity contribution is 6.05. The Kier molecular flexibility index (Phi) is 4.90. The number of halogens is 2. The molecule has 0 aliphatic heterocycles. The average Bonchev–Trinajstić information content (AvgIpc) is 3.13. The van der Waals surface area contributed by atoms with Crippen molar-refractivity contribution in [2.75, 3.05) is 0 Å². The maximum Gasteiger partial charge on any atom is 0.171 e. The first-order valence-electron chi connectivity index (χ1n) is 8.78. The number of rotatable bonds is 5. The van der Waals surface area contributed by atoms with Gasteiger partial charge in [0, 0.05) is 29.9 Å². The largest absolute Gasteiger partial charge is 0.294 e. The van der Waals surface area contributed by atoms with E-state index in [1.165, 1.54) is 35.1 Å². The Balaban J connectivity index is 1.87. The van der Waals surface area contributed by atoms with Gasteiger partial charge in [0.25, 0.3) is 0 Å². The van der Waals surface area contributed by atoms with Crippen LogP contribution in [-0.2, 0) is 13.5 Å². The predicted octanol–water partition coefficient (Wildman–Crippen LogP) is 3.64. The monoisotopic (exact) mass is 391 g/mol. The Morgan fingerprint density at radius 3 is 2.14 bits per heavy atom. The van der Waals surface area contributed by atoms with E-state index in [2.05, 4.69) is 20.5 Å². The van der Waals surface area contributed by atoms with E-state index < -0.39 is 0 Å². The summed E-state index contributed by atoms with van der Waals surface area (Å²) in [6.07, 6.45) is 1.51. The highest BCUT2D eigenvalue weighted by Gasteiger charge is 2.20. The second kappa shape index (κ2) is 7.67. The van der Waals surface area contributed by atoms with E-state index >= 15 is 0 Å². The van der Waals surface area contributed by atoms with Crippen molar-refractivity contribution in [2.45, 2.75) is 6.42 Å². The highest BCUT2D eigenvalue weighted by atomic mass is 19.1. The Bertz CT molecular complexity index is 1170. The van der Waals surface area contributed by atoms with E-state index in [1.807, 2.05) is 0 Å². The van der Waals surface area contributed by atoms with Crippen LogP contribution in [0.1, 0.15) is 16.2 Å². The molecule has 0 radical (unpaired) electrons. The first-order valence-corrected chi connectivity index (χ1v) is 8.78. The van der Waals surface area contributed by atoms with Crippen molar-refractivity contribution in [2.24, 2.45) is 7.05 Å².